The Morgan fingerprint density at radius 2 is 1.81 bits per heavy atom. The van der Waals surface area contributed by atoms with Crippen molar-refractivity contribution in [2.75, 3.05) is 13.7 Å². The molecule has 2 amide bonds. The highest BCUT2D eigenvalue weighted by Crippen LogP contribution is 2.27. The first-order valence-corrected chi connectivity index (χ1v) is 11.6. The lowest BCUT2D eigenvalue weighted by atomic mass is 10.1. The number of rotatable bonds is 9. The highest BCUT2D eigenvalue weighted by atomic mass is 16.5. The van der Waals surface area contributed by atoms with Gasteiger partial charge in [0.1, 0.15) is 11.3 Å². The van der Waals surface area contributed by atoms with Gasteiger partial charge in [0, 0.05) is 24.4 Å². The number of aryl methyl sites for hydroxylation is 1. The van der Waals surface area contributed by atoms with Gasteiger partial charge in [-0.25, -0.2) is 4.79 Å². The van der Waals surface area contributed by atoms with Gasteiger partial charge in [0.2, 0.25) is 11.7 Å². The van der Waals surface area contributed by atoms with E-state index in [1.165, 1.54) is 7.11 Å². The Morgan fingerprint density at radius 3 is 2.51 bits per heavy atom. The van der Waals surface area contributed by atoms with Crippen LogP contribution < -0.4 is 4.74 Å². The van der Waals surface area contributed by atoms with Crippen molar-refractivity contribution in [1.82, 2.24) is 20.0 Å². The third-order valence-electron chi connectivity index (χ3n) is 5.86. The summed E-state index contributed by atoms with van der Waals surface area (Å²) in [4.78, 5) is 47.7. The van der Waals surface area contributed by atoms with Crippen molar-refractivity contribution >= 4 is 17.8 Å². The van der Waals surface area contributed by atoms with Crippen molar-refractivity contribution in [3.8, 4) is 17.1 Å². The number of pyridine rings is 1. The summed E-state index contributed by atoms with van der Waals surface area (Å²) in [5.74, 6) is -0.117. The van der Waals surface area contributed by atoms with Crippen LogP contribution in [0.4, 0.5) is 0 Å². The molecule has 0 N–H and O–H groups in total. The average Bonchev–Trinajstić information content (AvgIpc) is 3.51. The minimum atomic E-state index is -0.581. The predicted octanol–water partition coefficient (Wildman–Crippen LogP) is 3.73. The highest BCUT2D eigenvalue weighted by molar-refractivity contribution is 6.21. The van der Waals surface area contributed by atoms with E-state index in [9.17, 15) is 14.4 Å². The number of ether oxygens (including phenoxy) is 2. The maximum absolute atomic E-state index is 12.8. The Bertz CT molecular complexity index is 1430. The zero-order chi connectivity index (χ0) is 25.8. The van der Waals surface area contributed by atoms with Crippen LogP contribution >= 0.6 is 0 Å². The molecule has 10 nitrogen and oxygen atoms in total. The van der Waals surface area contributed by atoms with Crippen LogP contribution in [0.2, 0.25) is 0 Å². The Balaban J connectivity index is 1.20. The van der Waals surface area contributed by atoms with Gasteiger partial charge >= 0.3 is 5.97 Å². The molecule has 4 aromatic rings. The van der Waals surface area contributed by atoms with Gasteiger partial charge in [-0.3, -0.25) is 19.5 Å². The number of hydrogen-bond acceptors (Lipinski definition) is 9. The molecule has 0 saturated carbocycles. The lowest BCUT2D eigenvalue weighted by Crippen LogP contribution is -2.29. The first-order chi connectivity index (χ1) is 18.0. The second kappa shape index (κ2) is 10.4. The summed E-state index contributed by atoms with van der Waals surface area (Å²) in [6.45, 7) is 0.141. The second-order valence-corrected chi connectivity index (χ2v) is 8.27. The summed E-state index contributed by atoms with van der Waals surface area (Å²) in [7, 11) is 1.45. The van der Waals surface area contributed by atoms with Gasteiger partial charge in [0.05, 0.1) is 31.4 Å². The van der Waals surface area contributed by atoms with E-state index >= 15 is 0 Å². The third-order valence-corrected chi connectivity index (χ3v) is 5.86. The molecule has 0 unspecified atom stereocenters. The molecule has 0 atom stereocenters. The smallest absolute Gasteiger partial charge is 0.341 e. The molecular weight excluding hydrogens is 476 g/mol. The minimum absolute atomic E-state index is 0.0209. The molecule has 0 spiro atoms. The maximum atomic E-state index is 12.8. The van der Waals surface area contributed by atoms with Crippen LogP contribution in [0.1, 0.15) is 48.9 Å². The van der Waals surface area contributed by atoms with Crippen LogP contribution in [0.3, 0.4) is 0 Å². The summed E-state index contributed by atoms with van der Waals surface area (Å²) in [6, 6.07) is 15.2. The van der Waals surface area contributed by atoms with Crippen LogP contribution in [0.5, 0.6) is 5.75 Å². The van der Waals surface area contributed by atoms with E-state index in [0.29, 0.717) is 47.0 Å². The zero-order valence-corrected chi connectivity index (χ0v) is 19.9. The van der Waals surface area contributed by atoms with Gasteiger partial charge in [-0.1, -0.05) is 23.4 Å². The Hall–Kier alpha value is -4.86. The molecule has 10 heteroatoms. The van der Waals surface area contributed by atoms with Gasteiger partial charge in [-0.2, -0.15) is 4.98 Å². The molecule has 0 aliphatic carbocycles. The largest absolute Gasteiger partial charge is 0.496 e. The summed E-state index contributed by atoms with van der Waals surface area (Å²) in [6.07, 6.45) is 4.20. The molecule has 5 rings (SSSR count). The SMILES string of the molecule is COc1ccc(CN2C(=O)c3ccccc3C2=O)cc1C(=O)OCCCc1nc(-c2cccnc2)no1. The molecule has 0 fully saturated rings. The van der Waals surface area contributed by atoms with Gasteiger partial charge < -0.3 is 14.0 Å². The molecule has 2 aromatic carbocycles. The second-order valence-electron chi connectivity index (χ2n) is 8.27. The molecule has 0 saturated heterocycles. The maximum Gasteiger partial charge on any atom is 0.341 e. The van der Waals surface area contributed by atoms with Gasteiger partial charge in [-0.15, -0.1) is 0 Å². The molecule has 2 aromatic heterocycles. The number of carbonyl (C=O) groups excluding carboxylic acids is 3. The van der Waals surface area contributed by atoms with Crippen LogP contribution in [-0.2, 0) is 17.7 Å². The number of esters is 1. The number of imide groups is 1. The molecular formula is C27H22N4O6. The predicted molar refractivity (Wildman–Crippen MR) is 130 cm³/mol. The number of aromatic nitrogens is 3. The van der Waals surface area contributed by atoms with Crippen molar-refractivity contribution in [1.29, 1.82) is 0 Å². The zero-order valence-electron chi connectivity index (χ0n) is 19.9. The van der Waals surface area contributed by atoms with Crippen molar-refractivity contribution in [3.05, 3.63) is 95.1 Å². The van der Waals surface area contributed by atoms with E-state index in [2.05, 4.69) is 15.1 Å². The number of amides is 2. The fourth-order valence-corrected chi connectivity index (χ4v) is 4.01. The lowest BCUT2D eigenvalue weighted by molar-refractivity contribution is 0.0494. The summed E-state index contributed by atoms with van der Waals surface area (Å²) in [5.41, 5.74) is 2.28. The van der Waals surface area contributed by atoms with Gasteiger partial charge in [-0.05, 0) is 48.4 Å². The number of carbonyl (C=O) groups is 3. The first kappa shape index (κ1) is 23.9. The monoisotopic (exact) mass is 498 g/mol. The molecule has 0 radical (unpaired) electrons. The van der Waals surface area contributed by atoms with E-state index in [0.717, 1.165) is 10.5 Å². The summed E-state index contributed by atoms with van der Waals surface area (Å²) >= 11 is 0. The molecule has 1 aliphatic rings. The number of benzene rings is 2. The van der Waals surface area contributed by atoms with E-state index in [4.69, 9.17) is 14.0 Å². The fraction of sp³-hybridized carbons (Fsp3) is 0.185. The standard InChI is InChI=1S/C27H22N4O6/c1-35-22-11-10-17(16-31-25(32)19-7-2-3-8-20(19)26(31)33)14-21(22)27(34)36-13-5-9-23-29-24(30-37-23)18-6-4-12-28-15-18/h2-4,6-8,10-12,14-15H,5,9,13,16H2,1H3. The first-order valence-electron chi connectivity index (χ1n) is 11.6. The van der Waals surface area contributed by atoms with Crippen molar-refractivity contribution in [2.24, 2.45) is 0 Å². The van der Waals surface area contributed by atoms with Crippen molar-refractivity contribution < 1.29 is 28.4 Å². The number of methoxy groups -OCH3 is 1. The van der Waals surface area contributed by atoms with Crippen molar-refractivity contribution in [2.45, 2.75) is 19.4 Å². The van der Waals surface area contributed by atoms with Gasteiger partial charge in [0.15, 0.2) is 0 Å². The number of nitrogens with zero attached hydrogens (tertiary/aromatic N) is 4. The van der Waals surface area contributed by atoms with E-state index in [1.54, 1.807) is 60.9 Å². The lowest BCUT2D eigenvalue weighted by Gasteiger charge is -2.16. The minimum Gasteiger partial charge on any atom is -0.496 e. The summed E-state index contributed by atoms with van der Waals surface area (Å²) in [5, 5.41) is 3.94. The summed E-state index contributed by atoms with van der Waals surface area (Å²) < 4.78 is 16.0. The molecule has 1 aliphatic heterocycles. The Morgan fingerprint density at radius 1 is 1.03 bits per heavy atom. The Labute approximate surface area is 211 Å². The van der Waals surface area contributed by atoms with Gasteiger partial charge in [0.25, 0.3) is 11.8 Å². The van der Waals surface area contributed by atoms with Crippen LogP contribution in [0, 0.1) is 0 Å². The molecule has 0 bridgehead atoms. The average molecular weight is 498 g/mol. The van der Waals surface area contributed by atoms with E-state index in [1.807, 2.05) is 6.07 Å². The topological polar surface area (TPSA) is 125 Å². The fourth-order valence-electron chi connectivity index (χ4n) is 4.01. The van der Waals surface area contributed by atoms with Crippen LogP contribution in [0.25, 0.3) is 11.4 Å². The van der Waals surface area contributed by atoms with Crippen LogP contribution in [-0.4, -0.2) is 51.5 Å². The third kappa shape index (κ3) is 4.94. The van der Waals surface area contributed by atoms with E-state index in [-0.39, 0.29) is 30.5 Å². The quantitative estimate of drug-likeness (QED) is 0.193. The molecule has 186 valence electrons. The Kier molecular flexibility index (Phi) is 6.71. The number of fused-ring (bicyclic) bond motifs is 1. The normalized spacial score (nSPS) is 12.5. The van der Waals surface area contributed by atoms with Crippen molar-refractivity contribution in [3.63, 3.8) is 0 Å². The van der Waals surface area contributed by atoms with E-state index < -0.39 is 5.97 Å². The molecule has 37 heavy (non-hydrogen) atoms. The molecule has 3 heterocycles. The van der Waals surface area contributed by atoms with Crippen LogP contribution in [0.15, 0.2) is 71.5 Å². The number of hydrogen-bond donors (Lipinski definition) is 0. The highest BCUT2D eigenvalue weighted by Gasteiger charge is 2.35.